The molecule has 7 nitrogen and oxygen atoms in total. The zero-order chi connectivity index (χ0) is 23.9. The van der Waals surface area contributed by atoms with Gasteiger partial charge in [-0.1, -0.05) is 36.4 Å². The highest BCUT2D eigenvalue weighted by Crippen LogP contribution is 2.18. The fourth-order valence-electron chi connectivity index (χ4n) is 3.82. The Morgan fingerprint density at radius 1 is 1.06 bits per heavy atom. The number of hydrogen-bond donors (Lipinski definition) is 0. The van der Waals surface area contributed by atoms with Gasteiger partial charge in [0, 0.05) is 31.4 Å². The van der Waals surface area contributed by atoms with E-state index in [-0.39, 0.29) is 49.6 Å². The van der Waals surface area contributed by atoms with Gasteiger partial charge < -0.3 is 19.3 Å². The van der Waals surface area contributed by atoms with Crippen LogP contribution in [0.2, 0.25) is 0 Å². The van der Waals surface area contributed by atoms with Crippen molar-refractivity contribution in [3.63, 3.8) is 0 Å². The average Bonchev–Trinajstić information content (AvgIpc) is 3.02. The molecule has 1 aliphatic rings. The van der Waals surface area contributed by atoms with Crippen LogP contribution in [0.5, 0.6) is 5.75 Å². The maximum atomic E-state index is 14.1. The molecule has 3 aromatic rings. The molecule has 0 N–H and O–H groups in total. The van der Waals surface area contributed by atoms with Crippen LogP contribution < -0.4 is 4.74 Å². The number of methoxy groups -OCH3 is 1. The summed E-state index contributed by atoms with van der Waals surface area (Å²) in [6.07, 6.45) is 1.03. The molecule has 1 atom stereocenters. The minimum Gasteiger partial charge on any atom is -0.497 e. The van der Waals surface area contributed by atoms with Gasteiger partial charge in [0.1, 0.15) is 23.8 Å². The lowest BCUT2D eigenvalue weighted by molar-refractivity contribution is -0.132. The summed E-state index contributed by atoms with van der Waals surface area (Å²) in [5.41, 5.74) is 1.60. The third kappa shape index (κ3) is 5.77. The van der Waals surface area contributed by atoms with Crippen molar-refractivity contribution in [2.75, 3.05) is 26.7 Å². The molecule has 0 aliphatic carbocycles. The van der Waals surface area contributed by atoms with Gasteiger partial charge in [-0.15, -0.1) is 0 Å². The molecular weight excluding hydrogens is 437 g/mol. The fraction of sp³-hybridized carbons (Fsp3) is 0.269. The summed E-state index contributed by atoms with van der Waals surface area (Å²) in [4.78, 5) is 33.4. The molecule has 0 radical (unpaired) electrons. The lowest BCUT2D eigenvalue weighted by Crippen LogP contribution is -2.40. The molecule has 176 valence electrons. The van der Waals surface area contributed by atoms with Crippen molar-refractivity contribution < 1.29 is 23.5 Å². The Bertz CT molecular complexity index is 1120. The van der Waals surface area contributed by atoms with Gasteiger partial charge in [0.2, 0.25) is 5.91 Å². The second-order valence-corrected chi connectivity index (χ2v) is 8.05. The number of rotatable bonds is 7. The van der Waals surface area contributed by atoms with E-state index in [2.05, 4.69) is 4.98 Å². The molecule has 0 spiro atoms. The Labute approximate surface area is 197 Å². The zero-order valence-corrected chi connectivity index (χ0v) is 18.9. The Kier molecular flexibility index (Phi) is 7.49. The molecule has 2 amide bonds. The number of carbonyl (C=O) groups excluding carboxylic acids is 2. The van der Waals surface area contributed by atoms with E-state index >= 15 is 0 Å². The maximum absolute atomic E-state index is 14.1. The van der Waals surface area contributed by atoms with Gasteiger partial charge >= 0.3 is 0 Å². The van der Waals surface area contributed by atoms with Crippen LogP contribution >= 0.6 is 0 Å². The average molecular weight is 464 g/mol. The van der Waals surface area contributed by atoms with Gasteiger partial charge in [0.15, 0.2) is 0 Å². The first-order valence-electron chi connectivity index (χ1n) is 11.0. The SMILES string of the molecule is COc1ccc(CN2CC(OCc3ccccc3F)CN(C(=O)c3ccccn3)CC2=O)cc1. The highest BCUT2D eigenvalue weighted by Gasteiger charge is 2.32. The number of carbonyl (C=O) groups is 2. The summed E-state index contributed by atoms with van der Waals surface area (Å²) < 4.78 is 25.3. The second kappa shape index (κ2) is 10.9. The summed E-state index contributed by atoms with van der Waals surface area (Å²) in [7, 11) is 1.60. The van der Waals surface area contributed by atoms with Crippen molar-refractivity contribution in [3.05, 3.63) is 95.6 Å². The number of benzene rings is 2. The van der Waals surface area contributed by atoms with Crippen LogP contribution in [0.25, 0.3) is 0 Å². The number of pyridine rings is 1. The van der Waals surface area contributed by atoms with Crippen molar-refractivity contribution in [2.45, 2.75) is 19.3 Å². The Balaban J connectivity index is 1.54. The summed E-state index contributed by atoms with van der Waals surface area (Å²) in [5, 5.41) is 0. The highest BCUT2D eigenvalue weighted by atomic mass is 19.1. The first-order valence-corrected chi connectivity index (χ1v) is 11.0. The first-order chi connectivity index (χ1) is 16.5. The smallest absolute Gasteiger partial charge is 0.273 e. The van der Waals surface area contributed by atoms with E-state index in [9.17, 15) is 14.0 Å². The van der Waals surface area contributed by atoms with Crippen molar-refractivity contribution in [1.29, 1.82) is 0 Å². The quantitative estimate of drug-likeness (QED) is 0.538. The number of aromatic nitrogens is 1. The summed E-state index contributed by atoms with van der Waals surface area (Å²) in [6, 6.07) is 18.9. The molecule has 2 heterocycles. The van der Waals surface area contributed by atoms with Crippen LogP contribution in [0.1, 0.15) is 21.6 Å². The predicted octanol–water partition coefficient (Wildman–Crippen LogP) is 3.30. The molecule has 0 bridgehead atoms. The lowest BCUT2D eigenvalue weighted by atomic mass is 10.2. The van der Waals surface area contributed by atoms with Crippen LogP contribution in [0, 0.1) is 5.82 Å². The van der Waals surface area contributed by atoms with Crippen LogP contribution in [0.3, 0.4) is 0 Å². The number of nitrogens with zero attached hydrogens (tertiary/aromatic N) is 3. The number of halogens is 1. The van der Waals surface area contributed by atoms with Crippen molar-refractivity contribution in [2.24, 2.45) is 0 Å². The van der Waals surface area contributed by atoms with E-state index in [0.29, 0.717) is 12.1 Å². The topological polar surface area (TPSA) is 72.0 Å². The van der Waals surface area contributed by atoms with Crippen LogP contribution in [0.4, 0.5) is 4.39 Å². The number of amides is 2. The fourth-order valence-corrected chi connectivity index (χ4v) is 3.82. The monoisotopic (exact) mass is 463 g/mol. The Morgan fingerprint density at radius 3 is 2.53 bits per heavy atom. The molecule has 4 rings (SSSR count). The van der Waals surface area contributed by atoms with E-state index in [1.807, 2.05) is 24.3 Å². The van der Waals surface area contributed by atoms with Gasteiger partial charge in [-0.05, 0) is 35.9 Å². The molecule has 1 aromatic heterocycles. The minimum atomic E-state index is -0.503. The third-order valence-electron chi connectivity index (χ3n) is 5.66. The van der Waals surface area contributed by atoms with Gasteiger partial charge in [0.05, 0.1) is 19.8 Å². The maximum Gasteiger partial charge on any atom is 0.273 e. The first kappa shape index (κ1) is 23.4. The molecule has 2 aromatic carbocycles. The molecule has 1 unspecified atom stereocenters. The van der Waals surface area contributed by atoms with Gasteiger partial charge in [-0.3, -0.25) is 14.6 Å². The molecule has 1 aliphatic heterocycles. The summed E-state index contributed by atoms with van der Waals surface area (Å²) in [6.45, 7) is 0.757. The van der Waals surface area contributed by atoms with Crippen LogP contribution in [0.15, 0.2) is 72.9 Å². The van der Waals surface area contributed by atoms with Crippen molar-refractivity contribution in [1.82, 2.24) is 14.8 Å². The summed E-state index contributed by atoms with van der Waals surface area (Å²) >= 11 is 0. The van der Waals surface area contributed by atoms with Crippen molar-refractivity contribution in [3.8, 4) is 5.75 Å². The molecule has 1 fully saturated rings. The molecule has 0 saturated carbocycles. The highest BCUT2D eigenvalue weighted by molar-refractivity contribution is 5.95. The Hall–Kier alpha value is -3.78. The second-order valence-electron chi connectivity index (χ2n) is 8.05. The van der Waals surface area contributed by atoms with E-state index in [1.54, 1.807) is 48.4 Å². The molecule has 8 heteroatoms. The number of ether oxygens (including phenoxy) is 2. The number of hydrogen-bond acceptors (Lipinski definition) is 5. The zero-order valence-electron chi connectivity index (χ0n) is 18.9. The van der Waals surface area contributed by atoms with Gasteiger partial charge in [0.25, 0.3) is 5.91 Å². The largest absolute Gasteiger partial charge is 0.497 e. The van der Waals surface area contributed by atoms with E-state index in [0.717, 1.165) is 11.3 Å². The van der Waals surface area contributed by atoms with Crippen LogP contribution in [-0.2, 0) is 22.7 Å². The molecular formula is C26H26FN3O4. The van der Waals surface area contributed by atoms with E-state index in [1.165, 1.54) is 17.2 Å². The minimum absolute atomic E-state index is 0.0352. The van der Waals surface area contributed by atoms with E-state index < -0.39 is 6.10 Å². The lowest BCUT2D eigenvalue weighted by Gasteiger charge is -2.25. The van der Waals surface area contributed by atoms with Crippen molar-refractivity contribution >= 4 is 11.8 Å². The summed E-state index contributed by atoms with van der Waals surface area (Å²) in [5.74, 6) is -0.176. The normalized spacial score (nSPS) is 16.3. The molecule has 1 saturated heterocycles. The van der Waals surface area contributed by atoms with Gasteiger partial charge in [-0.25, -0.2) is 4.39 Å². The van der Waals surface area contributed by atoms with Crippen LogP contribution in [-0.4, -0.2) is 59.4 Å². The van der Waals surface area contributed by atoms with Gasteiger partial charge in [-0.2, -0.15) is 0 Å². The predicted molar refractivity (Wildman–Crippen MR) is 124 cm³/mol. The Morgan fingerprint density at radius 2 is 1.82 bits per heavy atom. The third-order valence-corrected chi connectivity index (χ3v) is 5.66. The van der Waals surface area contributed by atoms with E-state index in [4.69, 9.17) is 9.47 Å². The molecule has 34 heavy (non-hydrogen) atoms. The standard InChI is InChI=1S/C26H26FN3O4/c1-33-21-11-9-19(10-12-21)14-29-15-22(34-18-20-6-2-3-7-23(20)27)16-30(17-25(29)31)26(32)24-8-4-5-13-28-24/h2-13,22H,14-18H2,1H3.